The monoisotopic (exact) mass is 428 g/mol. The van der Waals surface area contributed by atoms with Crippen LogP contribution in [-0.2, 0) is 9.53 Å². The number of aliphatic carboxylic acids is 1. The molecule has 0 amide bonds. The highest BCUT2D eigenvalue weighted by atomic mass is 32.2. The van der Waals surface area contributed by atoms with Gasteiger partial charge in [0.05, 0.1) is 15.5 Å². The zero-order valence-corrected chi connectivity index (χ0v) is 17.7. The van der Waals surface area contributed by atoms with E-state index in [1.165, 1.54) is 11.8 Å². The number of ether oxygens (including phenoxy) is 2. The molecule has 1 aromatic rings. The van der Waals surface area contributed by atoms with Gasteiger partial charge in [-0.15, -0.1) is 11.8 Å². The lowest BCUT2D eigenvalue weighted by atomic mass is 9.99. The largest absolute Gasteiger partial charge is 0.476 e. The summed E-state index contributed by atoms with van der Waals surface area (Å²) in [6, 6.07) is 3.93. The van der Waals surface area contributed by atoms with Gasteiger partial charge in [-0.05, 0) is 56.1 Å². The molecule has 0 spiro atoms. The third kappa shape index (κ3) is 5.34. The summed E-state index contributed by atoms with van der Waals surface area (Å²) in [4.78, 5) is 14.9. The number of nitrogens with zero attached hydrogens (tertiary/aromatic N) is 2. The second-order valence-corrected chi connectivity index (χ2v) is 8.90. The van der Waals surface area contributed by atoms with Crippen LogP contribution in [0.2, 0.25) is 0 Å². The van der Waals surface area contributed by atoms with Gasteiger partial charge in [0, 0.05) is 32.8 Å². The molecule has 2 aliphatic heterocycles. The van der Waals surface area contributed by atoms with Gasteiger partial charge < -0.3 is 19.5 Å². The highest BCUT2D eigenvalue weighted by Crippen LogP contribution is 2.42. The minimum absolute atomic E-state index is 0.455. The van der Waals surface area contributed by atoms with E-state index in [1.807, 2.05) is 19.4 Å². The Balaban J connectivity index is 1.89. The van der Waals surface area contributed by atoms with Crippen LogP contribution in [0.5, 0.6) is 5.75 Å². The average molecular weight is 429 g/mol. The van der Waals surface area contributed by atoms with Crippen molar-refractivity contribution in [1.29, 1.82) is 0 Å². The van der Waals surface area contributed by atoms with Crippen molar-refractivity contribution in [2.45, 2.75) is 22.6 Å². The first kappa shape index (κ1) is 21.3. The molecule has 3 rings (SSSR count). The van der Waals surface area contributed by atoms with Crippen molar-refractivity contribution in [3.05, 3.63) is 24.2 Å². The number of hydrogen-bond donors (Lipinski definition) is 1. The van der Waals surface area contributed by atoms with E-state index in [4.69, 9.17) is 14.6 Å². The highest BCUT2D eigenvalue weighted by molar-refractivity contribution is 7.98. The van der Waals surface area contributed by atoms with Crippen LogP contribution in [0.1, 0.15) is 12.8 Å². The molecular formula is C19H25FN2O4S2. The van der Waals surface area contributed by atoms with E-state index in [-0.39, 0.29) is 0 Å². The van der Waals surface area contributed by atoms with Gasteiger partial charge in [-0.25, -0.2) is 9.10 Å². The Hall–Kier alpha value is -1.42. The van der Waals surface area contributed by atoms with Gasteiger partial charge in [-0.3, -0.25) is 0 Å². The standard InChI is InChI=1S/C19H25FN2O4S2/c1-21-5-6-22(11-13-3-7-25-8-4-13)15-9-18(27-2)16(10-17(15)28-21)26-12-14(20)19(23)24/h9-10,12-13H,3-8,11H2,1-2H3,(H,23,24)/b14-12-. The highest BCUT2D eigenvalue weighted by Gasteiger charge is 2.25. The van der Waals surface area contributed by atoms with E-state index in [1.54, 1.807) is 11.9 Å². The van der Waals surface area contributed by atoms with Crippen LogP contribution < -0.4 is 9.64 Å². The summed E-state index contributed by atoms with van der Waals surface area (Å²) in [6.07, 6.45) is 4.72. The molecule has 0 saturated carbocycles. The third-order valence-electron chi connectivity index (χ3n) is 4.84. The number of benzene rings is 1. The molecule has 0 unspecified atom stereocenters. The van der Waals surface area contributed by atoms with Gasteiger partial charge in [-0.1, -0.05) is 0 Å². The van der Waals surface area contributed by atoms with Gasteiger partial charge in [0.2, 0.25) is 5.83 Å². The normalized spacial score (nSPS) is 19.2. The predicted octanol–water partition coefficient (Wildman–Crippen LogP) is 3.87. The lowest BCUT2D eigenvalue weighted by Gasteiger charge is -2.31. The second-order valence-electron chi connectivity index (χ2n) is 6.80. The molecule has 0 aliphatic carbocycles. The van der Waals surface area contributed by atoms with E-state index in [0.717, 1.165) is 61.2 Å². The van der Waals surface area contributed by atoms with Crippen LogP contribution in [0.25, 0.3) is 0 Å². The van der Waals surface area contributed by atoms with Crippen molar-refractivity contribution in [2.75, 3.05) is 51.1 Å². The zero-order chi connectivity index (χ0) is 20.1. The van der Waals surface area contributed by atoms with Gasteiger partial charge in [0.1, 0.15) is 12.0 Å². The number of carbonyl (C=O) groups is 1. The molecular weight excluding hydrogens is 403 g/mol. The van der Waals surface area contributed by atoms with Crippen molar-refractivity contribution in [3.8, 4) is 5.75 Å². The third-order valence-corrected chi connectivity index (χ3v) is 6.61. The first-order valence-electron chi connectivity index (χ1n) is 9.17. The Morgan fingerprint density at radius 1 is 1.43 bits per heavy atom. The molecule has 0 bridgehead atoms. The first-order valence-corrected chi connectivity index (χ1v) is 11.2. The fourth-order valence-electron chi connectivity index (χ4n) is 3.29. The first-order chi connectivity index (χ1) is 13.5. The molecule has 0 aromatic heterocycles. The molecule has 154 valence electrons. The molecule has 0 atom stereocenters. The van der Waals surface area contributed by atoms with Crippen LogP contribution in [-0.4, -0.2) is 61.5 Å². The predicted molar refractivity (Wildman–Crippen MR) is 110 cm³/mol. The summed E-state index contributed by atoms with van der Waals surface area (Å²) in [5, 5.41) is 8.69. The second kappa shape index (κ2) is 9.87. The molecule has 2 aliphatic rings. The number of carboxylic acid groups (broad SMARTS) is 1. The zero-order valence-electron chi connectivity index (χ0n) is 16.0. The maximum Gasteiger partial charge on any atom is 0.368 e. The number of thioether (sulfide) groups is 1. The summed E-state index contributed by atoms with van der Waals surface area (Å²) in [7, 11) is 2.04. The molecule has 1 fully saturated rings. The van der Waals surface area contributed by atoms with Crippen molar-refractivity contribution < 1.29 is 23.8 Å². The van der Waals surface area contributed by atoms with Crippen LogP contribution in [0.3, 0.4) is 0 Å². The summed E-state index contributed by atoms with van der Waals surface area (Å²) >= 11 is 3.11. The molecule has 2 heterocycles. The van der Waals surface area contributed by atoms with Gasteiger partial charge in [0.25, 0.3) is 0 Å². The van der Waals surface area contributed by atoms with E-state index in [9.17, 15) is 9.18 Å². The van der Waals surface area contributed by atoms with E-state index in [0.29, 0.717) is 17.9 Å². The maximum atomic E-state index is 13.3. The molecule has 28 heavy (non-hydrogen) atoms. The minimum atomic E-state index is -1.64. The van der Waals surface area contributed by atoms with Gasteiger partial charge in [0.15, 0.2) is 0 Å². The van der Waals surface area contributed by atoms with Crippen LogP contribution >= 0.6 is 23.7 Å². The molecule has 1 N–H and O–H groups in total. The Bertz CT molecular complexity index is 741. The van der Waals surface area contributed by atoms with E-state index >= 15 is 0 Å². The van der Waals surface area contributed by atoms with E-state index < -0.39 is 11.8 Å². The van der Waals surface area contributed by atoms with Crippen molar-refractivity contribution in [2.24, 2.45) is 5.92 Å². The average Bonchev–Trinajstić information content (AvgIpc) is 2.84. The summed E-state index contributed by atoms with van der Waals surface area (Å²) < 4.78 is 26.4. The van der Waals surface area contributed by atoms with Crippen molar-refractivity contribution >= 4 is 35.4 Å². The Morgan fingerprint density at radius 3 is 2.86 bits per heavy atom. The maximum absolute atomic E-state index is 13.3. The van der Waals surface area contributed by atoms with Crippen molar-refractivity contribution in [3.63, 3.8) is 0 Å². The molecule has 9 heteroatoms. The number of likely N-dealkylation sites (N-methyl/N-ethyl adjacent to an activating group) is 1. The number of halogens is 1. The molecule has 1 saturated heterocycles. The number of anilines is 1. The number of rotatable bonds is 6. The Kier molecular flexibility index (Phi) is 7.50. The fourth-order valence-corrected chi connectivity index (χ4v) is 4.78. The van der Waals surface area contributed by atoms with Crippen LogP contribution in [0.4, 0.5) is 10.1 Å². The minimum Gasteiger partial charge on any atom is -0.476 e. The molecule has 1 aromatic carbocycles. The topological polar surface area (TPSA) is 62.2 Å². The van der Waals surface area contributed by atoms with Gasteiger partial charge in [-0.2, -0.15) is 4.39 Å². The summed E-state index contributed by atoms with van der Waals surface area (Å²) in [5.41, 5.74) is 1.14. The lowest BCUT2D eigenvalue weighted by molar-refractivity contribution is -0.134. The number of carboxylic acids is 1. The fraction of sp³-hybridized carbons (Fsp3) is 0.526. The van der Waals surface area contributed by atoms with E-state index in [2.05, 4.69) is 15.3 Å². The van der Waals surface area contributed by atoms with Crippen molar-refractivity contribution in [1.82, 2.24) is 4.31 Å². The SMILES string of the molecule is CSc1cc2c(cc1O/C=C(\F)C(=O)O)SN(C)CCN2CC1CCOCC1. The smallest absolute Gasteiger partial charge is 0.368 e. The molecule has 0 radical (unpaired) electrons. The molecule has 6 nitrogen and oxygen atoms in total. The van der Waals surface area contributed by atoms with Crippen LogP contribution in [0, 0.1) is 5.92 Å². The number of hydrogen-bond acceptors (Lipinski definition) is 7. The summed E-state index contributed by atoms with van der Waals surface area (Å²) in [6.45, 7) is 4.47. The Morgan fingerprint density at radius 2 is 2.18 bits per heavy atom. The number of fused-ring (bicyclic) bond motifs is 1. The van der Waals surface area contributed by atoms with Crippen LogP contribution in [0.15, 0.2) is 34.0 Å². The quantitative estimate of drug-likeness (QED) is 0.317. The Labute approximate surface area is 173 Å². The lowest BCUT2D eigenvalue weighted by Crippen LogP contribution is -2.35. The summed E-state index contributed by atoms with van der Waals surface area (Å²) in [5.74, 6) is -1.90. The van der Waals surface area contributed by atoms with Gasteiger partial charge >= 0.3 is 5.97 Å².